The lowest BCUT2D eigenvalue weighted by Crippen LogP contribution is -2.15. The molecule has 0 aliphatic carbocycles. The number of carbonyl (C=O) groups is 2. The van der Waals surface area contributed by atoms with Gasteiger partial charge in [0.25, 0.3) is 5.91 Å². The SMILES string of the molecule is NC(=O)c1ccc(Cc2cc(NCc3ccccc3)c(C(N)=O)cn2)cc1. The van der Waals surface area contributed by atoms with Crippen LogP contribution in [0.3, 0.4) is 0 Å². The van der Waals surface area contributed by atoms with Crippen molar-refractivity contribution in [2.45, 2.75) is 13.0 Å². The second-order valence-electron chi connectivity index (χ2n) is 6.16. The number of primary amides is 2. The normalized spacial score (nSPS) is 10.4. The summed E-state index contributed by atoms with van der Waals surface area (Å²) in [5.74, 6) is -0.992. The molecule has 3 rings (SSSR count). The van der Waals surface area contributed by atoms with E-state index in [4.69, 9.17) is 11.5 Å². The summed E-state index contributed by atoms with van der Waals surface area (Å²) in [7, 11) is 0. The molecule has 5 N–H and O–H groups in total. The predicted octanol–water partition coefficient (Wildman–Crippen LogP) is 2.48. The zero-order valence-electron chi connectivity index (χ0n) is 14.7. The number of carbonyl (C=O) groups excluding carboxylic acids is 2. The first kappa shape index (κ1) is 18.1. The standard InChI is InChI=1S/C21H20N4O2/c22-20(26)16-8-6-14(7-9-16)10-17-11-19(18(13-24-17)21(23)27)25-12-15-4-2-1-3-5-15/h1-9,11,13H,10,12H2,(H2,22,26)(H2,23,27)(H,24,25). The van der Waals surface area contributed by atoms with Crippen molar-refractivity contribution < 1.29 is 9.59 Å². The Morgan fingerprint density at radius 1 is 0.889 bits per heavy atom. The first-order valence-electron chi connectivity index (χ1n) is 8.48. The number of aromatic nitrogens is 1. The van der Waals surface area contributed by atoms with Gasteiger partial charge in [-0.3, -0.25) is 14.6 Å². The first-order chi connectivity index (χ1) is 13.0. The molecule has 0 atom stereocenters. The van der Waals surface area contributed by atoms with Crippen LogP contribution in [-0.2, 0) is 13.0 Å². The number of rotatable bonds is 7. The highest BCUT2D eigenvalue weighted by atomic mass is 16.1. The van der Waals surface area contributed by atoms with Gasteiger partial charge in [-0.25, -0.2) is 0 Å². The number of nitrogens with one attached hydrogen (secondary N) is 1. The highest BCUT2D eigenvalue weighted by Crippen LogP contribution is 2.19. The molecule has 0 saturated carbocycles. The Labute approximate surface area is 157 Å². The van der Waals surface area contributed by atoms with Gasteiger partial charge < -0.3 is 16.8 Å². The summed E-state index contributed by atoms with van der Waals surface area (Å²) in [6.45, 7) is 0.567. The van der Waals surface area contributed by atoms with Crippen LogP contribution in [0.1, 0.15) is 37.5 Å². The van der Waals surface area contributed by atoms with Gasteiger partial charge in [-0.15, -0.1) is 0 Å². The number of benzene rings is 2. The molecule has 1 heterocycles. The third-order valence-electron chi connectivity index (χ3n) is 4.18. The van der Waals surface area contributed by atoms with E-state index in [1.807, 2.05) is 48.5 Å². The Kier molecular flexibility index (Phi) is 5.47. The fourth-order valence-corrected chi connectivity index (χ4v) is 2.73. The summed E-state index contributed by atoms with van der Waals surface area (Å²) in [5, 5.41) is 3.26. The van der Waals surface area contributed by atoms with Crippen molar-refractivity contribution in [3.63, 3.8) is 0 Å². The van der Waals surface area contributed by atoms with Crippen LogP contribution in [0.25, 0.3) is 0 Å². The summed E-state index contributed by atoms with van der Waals surface area (Å²) in [6, 6.07) is 18.7. The van der Waals surface area contributed by atoms with Crippen LogP contribution in [0, 0.1) is 0 Å². The maximum atomic E-state index is 11.7. The molecule has 2 aromatic carbocycles. The molecule has 0 spiro atoms. The van der Waals surface area contributed by atoms with E-state index in [0.29, 0.717) is 29.8 Å². The van der Waals surface area contributed by atoms with Crippen LogP contribution in [-0.4, -0.2) is 16.8 Å². The molecular formula is C21H20N4O2. The lowest BCUT2D eigenvalue weighted by Gasteiger charge is -2.12. The molecule has 1 aromatic heterocycles. The maximum Gasteiger partial charge on any atom is 0.252 e. The molecule has 0 aliphatic heterocycles. The number of pyridine rings is 1. The van der Waals surface area contributed by atoms with Gasteiger partial charge in [0.1, 0.15) is 0 Å². The van der Waals surface area contributed by atoms with Crippen LogP contribution >= 0.6 is 0 Å². The molecule has 136 valence electrons. The van der Waals surface area contributed by atoms with Crippen molar-refractivity contribution in [1.29, 1.82) is 0 Å². The monoisotopic (exact) mass is 360 g/mol. The molecule has 27 heavy (non-hydrogen) atoms. The molecule has 0 fully saturated rings. The van der Waals surface area contributed by atoms with Crippen LogP contribution in [0.2, 0.25) is 0 Å². The molecule has 3 aromatic rings. The second-order valence-corrected chi connectivity index (χ2v) is 6.16. The number of nitrogens with zero attached hydrogens (tertiary/aromatic N) is 1. The Balaban J connectivity index is 1.80. The molecular weight excluding hydrogens is 340 g/mol. The molecule has 0 unspecified atom stereocenters. The van der Waals surface area contributed by atoms with Gasteiger partial charge in [-0.1, -0.05) is 42.5 Å². The Hall–Kier alpha value is -3.67. The maximum absolute atomic E-state index is 11.7. The lowest BCUT2D eigenvalue weighted by atomic mass is 10.1. The van der Waals surface area contributed by atoms with Crippen molar-refractivity contribution in [3.05, 3.63) is 94.8 Å². The van der Waals surface area contributed by atoms with Crippen LogP contribution < -0.4 is 16.8 Å². The molecule has 0 saturated heterocycles. The van der Waals surface area contributed by atoms with Crippen molar-refractivity contribution in [2.75, 3.05) is 5.32 Å². The van der Waals surface area contributed by atoms with E-state index in [9.17, 15) is 9.59 Å². The molecule has 0 bridgehead atoms. The number of hydrogen-bond acceptors (Lipinski definition) is 4. The quantitative estimate of drug-likeness (QED) is 0.601. The minimum absolute atomic E-state index is 0.346. The summed E-state index contributed by atoms with van der Waals surface area (Å²) in [4.78, 5) is 27.2. The second kappa shape index (κ2) is 8.14. The average Bonchev–Trinajstić information content (AvgIpc) is 2.67. The highest BCUT2D eigenvalue weighted by Gasteiger charge is 2.11. The number of hydrogen-bond donors (Lipinski definition) is 3. The van der Waals surface area contributed by atoms with Crippen LogP contribution in [0.15, 0.2) is 66.9 Å². The topological polar surface area (TPSA) is 111 Å². The van der Waals surface area contributed by atoms with Crippen molar-refractivity contribution in [2.24, 2.45) is 11.5 Å². The lowest BCUT2D eigenvalue weighted by molar-refractivity contribution is 0.0992. The van der Waals surface area contributed by atoms with Crippen LogP contribution in [0.4, 0.5) is 5.69 Å². The fraction of sp³-hybridized carbons (Fsp3) is 0.0952. The van der Waals surface area contributed by atoms with E-state index >= 15 is 0 Å². The minimum Gasteiger partial charge on any atom is -0.380 e. The summed E-state index contributed by atoms with van der Waals surface area (Å²) in [5.41, 5.74) is 15.0. The van der Waals surface area contributed by atoms with Gasteiger partial charge in [0.2, 0.25) is 5.91 Å². The van der Waals surface area contributed by atoms with Gasteiger partial charge in [0.05, 0.1) is 11.3 Å². The highest BCUT2D eigenvalue weighted by molar-refractivity contribution is 5.98. The zero-order chi connectivity index (χ0) is 19.2. The van der Waals surface area contributed by atoms with Gasteiger partial charge >= 0.3 is 0 Å². The smallest absolute Gasteiger partial charge is 0.252 e. The van der Waals surface area contributed by atoms with Gasteiger partial charge in [-0.05, 0) is 29.3 Å². The van der Waals surface area contributed by atoms with Crippen LogP contribution in [0.5, 0.6) is 0 Å². The van der Waals surface area contributed by atoms with E-state index in [-0.39, 0.29) is 0 Å². The summed E-state index contributed by atoms with van der Waals surface area (Å²) >= 11 is 0. The Morgan fingerprint density at radius 2 is 1.59 bits per heavy atom. The van der Waals surface area contributed by atoms with Gasteiger partial charge in [0, 0.05) is 30.4 Å². The summed E-state index contributed by atoms with van der Waals surface area (Å²) in [6.07, 6.45) is 2.04. The van der Waals surface area contributed by atoms with Crippen molar-refractivity contribution in [3.8, 4) is 0 Å². The molecule has 0 radical (unpaired) electrons. The van der Waals surface area contributed by atoms with E-state index in [0.717, 1.165) is 16.8 Å². The molecule has 0 aliphatic rings. The Morgan fingerprint density at radius 3 is 2.22 bits per heavy atom. The Bertz CT molecular complexity index is 954. The predicted molar refractivity (Wildman–Crippen MR) is 104 cm³/mol. The van der Waals surface area contributed by atoms with Gasteiger partial charge in [-0.2, -0.15) is 0 Å². The zero-order valence-corrected chi connectivity index (χ0v) is 14.7. The van der Waals surface area contributed by atoms with E-state index in [1.54, 1.807) is 12.1 Å². The van der Waals surface area contributed by atoms with Gasteiger partial charge in [0.15, 0.2) is 0 Å². The largest absolute Gasteiger partial charge is 0.380 e. The minimum atomic E-state index is -0.532. The van der Waals surface area contributed by atoms with Crippen molar-refractivity contribution >= 4 is 17.5 Å². The van der Waals surface area contributed by atoms with Crippen molar-refractivity contribution in [1.82, 2.24) is 4.98 Å². The third kappa shape index (κ3) is 4.70. The third-order valence-corrected chi connectivity index (χ3v) is 4.18. The number of anilines is 1. The average molecular weight is 360 g/mol. The number of amides is 2. The summed E-state index contributed by atoms with van der Waals surface area (Å²) < 4.78 is 0. The first-order valence-corrected chi connectivity index (χ1v) is 8.48. The van der Waals surface area contributed by atoms with E-state index < -0.39 is 11.8 Å². The number of nitrogens with two attached hydrogens (primary N) is 2. The fourth-order valence-electron chi connectivity index (χ4n) is 2.73. The molecule has 6 nitrogen and oxygen atoms in total. The van der Waals surface area contributed by atoms with E-state index in [1.165, 1.54) is 6.20 Å². The molecule has 6 heteroatoms. The molecule has 2 amide bonds. The van der Waals surface area contributed by atoms with E-state index in [2.05, 4.69) is 10.3 Å².